The van der Waals surface area contributed by atoms with Crippen LogP contribution >= 0.6 is 0 Å². The molecule has 3 atom stereocenters. The second-order valence-electron chi connectivity index (χ2n) is 9.32. The van der Waals surface area contributed by atoms with Crippen molar-refractivity contribution < 1.29 is 4.79 Å². The van der Waals surface area contributed by atoms with Crippen molar-refractivity contribution in [2.45, 2.75) is 102 Å². The molecule has 27 heavy (non-hydrogen) atoms. The van der Waals surface area contributed by atoms with Crippen molar-refractivity contribution in [2.24, 2.45) is 17.8 Å². The molecule has 2 aliphatic carbocycles. The Morgan fingerprint density at radius 1 is 0.778 bits per heavy atom. The Kier molecular flexibility index (Phi) is 8.30. The molecule has 0 aromatic heterocycles. The van der Waals surface area contributed by atoms with Gasteiger partial charge in [0.1, 0.15) is 0 Å². The number of nitriles is 1. The number of hydrogen-bond donors (Lipinski definition) is 1. The van der Waals surface area contributed by atoms with Gasteiger partial charge in [0.25, 0.3) is 0 Å². The van der Waals surface area contributed by atoms with Gasteiger partial charge in [-0.05, 0) is 37.5 Å². The minimum absolute atomic E-state index is 0.174. The van der Waals surface area contributed by atoms with Gasteiger partial charge in [0.05, 0.1) is 0 Å². The third kappa shape index (κ3) is 6.40. The van der Waals surface area contributed by atoms with Crippen LogP contribution in [-0.4, -0.2) is 29.9 Å². The van der Waals surface area contributed by atoms with Crippen LogP contribution in [0.4, 0.5) is 0 Å². The molecule has 2 saturated carbocycles. The fourth-order valence-corrected chi connectivity index (χ4v) is 5.66. The standard InChI is InChI=1S/C23H39N3O/c24-18-26-16-15-22(17-26)25-23(27)21-12-8-7-11-20(13-14-21)19-9-5-3-1-2-4-6-10-19/h19-22H,1-17H2,(H,25,27)/t20?,21?,22-/m1/s1. The van der Waals surface area contributed by atoms with Crippen LogP contribution in [0, 0.1) is 29.2 Å². The average molecular weight is 374 g/mol. The predicted octanol–water partition coefficient (Wildman–Crippen LogP) is 5.00. The second-order valence-corrected chi connectivity index (χ2v) is 9.32. The molecule has 0 aromatic carbocycles. The van der Waals surface area contributed by atoms with Crippen molar-refractivity contribution >= 4 is 5.91 Å². The fraction of sp³-hybridized carbons (Fsp3) is 0.913. The van der Waals surface area contributed by atoms with E-state index in [0.717, 1.165) is 37.6 Å². The smallest absolute Gasteiger partial charge is 0.223 e. The molecule has 152 valence electrons. The molecule has 4 heteroatoms. The molecule has 1 amide bonds. The Bertz CT molecular complexity index is 490. The third-order valence-electron chi connectivity index (χ3n) is 7.38. The monoisotopic (exact) mass is 373 g/mol. The van der Waals surface area contributed by atoms with Gasteiger partial charge < -0.3 is 10.2 Å². The Hall–Kier alpha value is -1.24. The first-order chi connectivity index (χ1) is 13.3. The Morgan fingerprint density at radius 2 is 1.37 bits per heavy atom. The van der Waals surface area contributed by atoms with E-state index >= 15 is 0 Å². The summed E-state index contributed by atoms with van der Waals surface area (Å²) in [5, 5.41) is 12.3. The quantitative estimate of drug-likeness (QED) is 0.709. The van der Waals surface area contributed by atoms with Gasteiger partial charge in [-0.15, -0.1) is 0 Å². The molecular formula is C23H39N3O. The second kappa shape index (κ2) is 10.9. The molecule has 0 radical (unpaired) electrons. The highest BCUT2D eigenvalue weighted by Crippen LogP contribution is 2.36. The minimum Gasteiger partial charge on any atom is -0.351 e. The molecule has 0 spiro atoms. The first-order valence-electron chi connectivity index (χ1n) is 11.7. The summed E-state index contributed by atoms with van der Waals surface area (Å²) in [6, 6.07) is 0.174. The number of rotatable bonds is 3. The topological polar surface area (TPSA) is 56.1 Å². The highest BCUT2D eigenvalue weighted by atomic mass is 16.1. The Labute approximate surface area is 166 Å². The number of carbonyl (C=O) groups excluding carboxylic acids is 1. The maximum Gasteiger partial charge on any atom is 0.223 e. The van der Waals surface area contributed by atoms with Crippen LogP contribution in [0.1, 0.15) is 96.3 Å². The van der Waals surface area contributed by atoms with Crippen molar-refractivity contribution in [3.63, 3.8) is 0 Å². The van der Waals surface area contributed by atoms with Crippen molar-refractivity contribution in [1.29, 1.82) is 5.26 Å². The summed E-state index contributed by atoms with van der Waals surface area (Å²) in [7, 11) is 0. The van der Waals surface area contributed by atoms with Crippen molar-refractivity contribution in [1.82, 2.24) is 10.2 Å². The summed E-state index contributed by atoms with van der Waals surface area (Å²) in [4.78, 5) is 14.6. The zero-order valence-electron chi connectivity index (χ0n) is 17.1. The lowest BCUT2D eigenvalue weighted by Crippen LogP contribution is -2.40. The number of amides is 1. The summed E-state index contributed by atoms with van der Waals surface area (Å²) in [6.45, 7) is 1.48. The number of likely N-dealkylation sites (tertiary alicyclic amines) is 1. The van der Waals surface area contributed by atoms with Crippen LogP contribution in [-0.2, 0) is 4.79 Å². The maximum absolute atomic E-state index is 12.8. The molecule has 1 heterocycles. The van der Waals surface area contributed by atoms with Gasteiger partial charge in [0, 0.05) is 25.0 Å². The number of hydrogen-bond acceptors (Lipinski definition) is 3. The van der Waals surface area contributed by atoms with E-state index in [1.165, 1.54) is 77.0 Å². The van der Waals surface area contributed by atoms with Crippen molar-refractivity contribution in [3.05, 3.63) is 0 Å². The molecule has 1 aliphatic heterocycles. The molecular weight excluding hydrogens is 334 g/mol. The highest BCUT2D eigenvalue weighted by molar-refractivity contribution is 5.79. The van der Waals surface area contributed by atoms with Crippen LogP contribution < -0.4 is 5.32 Å². The van der Waals surface area contributed by atoms with E-state index < -0.39 is 0 Å². The lowest BCUT2D eigenvalue weighted by molar-refractivity contribution is -0.126. The normalized spacial score (nSPS) is 31.7. The van der Waals surface area contributed by atoms with E-state index in [0.29, 0.717) is 6.54 Å². The van der Waals surface area contributed by atoms with Crippen LogP contribution in [0.25, 0.3) is 0 Å². The van der Waals surface area contributed by atoms with E-state index in [9.17, 15) is 4.79 Å². The van der Waals surface area contributed by atoms with E-state index in [1.54, 1.807) is 4.90 Å². The third-order valence-corrected chi connectivity index (χ3v) is 7.38. The van der Waals surface area contributed by atoms with Crippen LogP contribution in [0.3, 0.4) is 0 Å². The minimum atomic E-state index is 0.174. The van der Waals surface area contributed by atoms with Gasteiger partial charge in [-0.2, -0.15) is 5.26 Å². The molecule has 2 unspecified atom stereocenters. The van der Waals surface area contributed by atoms with Crippen molar-refractivity contribution in [3.8, 4) is 6.19 Å². The number of carbonyl (C=O) groups is 1. The largest absolute Gasteiger partial charge is 0.351 e. The van der Waals surface area contributed by atoms with Crippen LogP contribution in [0.2, 0.25) is 0 Å². The van der Waals surface area contributed by atoms with Crippen molar-refractivity contribution in [2.75, 3.05) is 13.1 Å². The van der Waals surface area contributed by atoms with Gasteiger partial charge in [-0.3, -0.25) is 4.79 Å². The van der Waals surface area contributed by atoms with Crippen LogP contribution in [0.5, 0.6) is 0 Å². The number of nitrogens with one attached hydrogen (secondary N) is 1. The molecule has 1 saturated heterocycles. The Balaban J connectivity index is 1.49. The molecule has 0 bridgehead atoms. The summed E-state index contributed by atoms with van der Waals surface area (Å²) in [5.41, 5.74) is 0. The Morgan fingerprint density at radius 3 is 2.04 bits per heavy atom. The summed E-state index contributed by atoms with van der Waals surface area (Å²) in [5.74, 6) is 2.21. The highest BCUT2D eigenvalue weighted by Gasteiger charge is 2.29. The zero-order valence-corrected chi connectivity index (χ0v) is 17.1. The first-order valence-corrected chi connectivity index (χ1v) is 11.7. The first kappa shape index (κ1) is 20.5. The predicted molar refractivity (Wildman–Crippen MR) is 109 cm³/mol. The fourth-order valence-electron chi connectivity index (χ4n) is 5.66. The molecule has 4 nitrogen and oxygen atoms in total. The summed E-state index contributed by atoms with van der Waals surface area (Å²) in [6.07, 6.45) is 21.8. The van der Waals surface area contributed by atoms with Gasteiger partial charge in [-0.25, -0.2) is 0 Å². The summed E-state index contributed by atoms with van der Waals surface area (Å²) >= 11 is 0. The SMILES string of the molecule is N#CN1CC[C@@H](NC(=O)C2CCCCC(C3CCCCCCCC3)CC2)C1. The van der Waals surface area contributed by atoms with E-state index in [2.05, 4.69) is 11.5 Å². The van der Waals surface area contributed by atoms with E-state index in [4.69, 9.17) is 5.26 Å². The zero-order chi connectivity index (χ0) is 18.9. The van der Waals surface area contributed by atoms with Gasteiger partial charge >= 0.3 is 0 Å². The lowest BCUT2D eigenvalue weighted by Gasteiger charge is -2.31. The average Bonchev–Trinajstić information content (AvgIpc) is 3.14. The van der Waals surface area contributed by atoms with Gasteiger partial charge in [0.15, 0.2) is 6.19 Å². The van der Waals surface area contributed by atoms with E-state index in [-0.39, 0.29) is 17.9 Å². The van der Waals surface area contributed by atoms with Gasteiger partial charge in [-0.1, -0.05) is 70.6 Å². The van der Waals surface area contributed by atoms with Crippen LogP contribution in [0.15, 0.2) is 0 Å². The summed E-state index contributed by atoms with van der Waals surface area (Å²) < 4.78 is 0. The maximum atomic E-state index is 12.8. The molecule has 3 rings (SSSR count). The molecule has 3 aliphatic rings. The molecule has 0 aromatic rings. The van der Waals surface area contributed by atoms with E-state index in [1.807, 2.05) is 0 Å². The molecule has 3 fully saturated rings. The molecule has 1 N–H and O–H groups in total. The number of nitrogens with zero attached hydrogens (tertiary/aromatic N) is 2. The van der Waals surface area contributed by atoms with Gasteiger partial charge in [0.2, 0.25) is 5.91 Å². The lowest BCUT2D eigenvalue weighted by atomic mass is 9.75.